The first-order valence-electron chi connectivity index (χ1n) is 8.27. The second-order valence-electron chi connectivity index (χ2n) is 6.10. The van der Waals surface area contributed by atoms with Crippen LogP contribution in [-0.2, 0) is 17.6 Å². The van der Waals surface area contributed by atoms with E-state index < -0.39 is 0 Å². The third-order valence-electron chi connectivity index (χ3n) is 4.37. The SMILES string of the molecule is Cl.Nc1cccc2c1CCCN2CC(=O)NCCc1ccc(F)cc1. The van der Waals surface area contributed by atoms with Gasteiger partial charge >= 0.3 is 0 Å². The van der Waals surface area contributed by atoms with Gasteiger partial charge in [0, 0.05) is 24.5 Å². The minimum Gasteiger partial charge on any atom is -0.398 e. The van der Waals surface area contributed by atoms with Gasteiger partial charge in [0.15, 0.2) is 0 Å². The molecule has 1 heterocycles. The molecule has 0 fully saturated rings. The molecule has 0 unspecified atom stereocenters. The summed E-state index contributed by atoms with van der Waals surface area (Å²) >= 11 is 0. The van der Waals surface area contributed by atoms with Gasteiger partial charge < -0.3 is 16.0 Å². The van der Waals surface area contributed by atoms with Gasteiger partial charge in [0.1, 0.15) is 5.82 Å². The van der Waals surface area contributed by atoms with Crippen LogP contribution >= 0.6 is 12.4 Å². The Labute approximate surface area is 153 Å². The van der Waals surface area contributed by atoms with E-state index in [2.05, 4.69) is 10.2 Å². The zero-order chi connectivity index (χ0) is 16.9. The van der Waals surface area contributed by atoms with E-state index in [0.29, 0.717) is 19.5 Å². The van der Waals surface area contributed by atoms with E-state index in [9.17, 15) is 9.18 Å². The lowest BCUT2D eigenvalue weighted by molar-refractivity contribution is -0.119. The monoisotopic (exact) mass is 363 g/mol. The average molecular weight is 364 g/mol. The summed E-state index contributed by atoms with van der Waals surface area (Å²) in [5.74, 6) is -0.252. The van der Waals surface area contributed by atoms with Gasteiger partial charge in [0.25, 0.3) is 0 Å². The summed E-state index contributed by atoms with van der Waals surface area (Å²) in [6.07, 6.45) is 2.66. The first kappa shape index (κ1) is 19.1. The number of nitrogens with zero attached hydrogens (tertiary/aromatic N) is 1. The summed E-state index contributed by atoms with van der Waals surface area (Å²) in [4.78, 5) is 14.3. The molecular weight excluding hydrogens is 341 g/mol. The minimum atomic E-state index is -0.245. The van der Waals surface area contributed by atoms with Crippen LogP contribution < -0.4 is 16.0 Å². The summed E-state index contributed by atoms with van der Waals surface area (Å²) in [6, 6.07) is 12.2. The fourth-order valence-corrected chi connectivity index (χ4v) is 3.12. The maximum Gasteiger partial charge on any atom is 0.239 e. The van der Waals surface area contributed by atoms with Gasteiger partial charge in [0.05, 0.1) is 6.54 Å². The molecule has 4 nitrogen and oxygen atoms in total. The Morgan fingerprint density at radius 2 is 1.96 bits per heavy atom. The number of amides is 1. The number of nitrogens with two attached hydrogens (primary N) is 1. The quantitative estimate of drug-likeness (QED) is 0.803. The van der Waals surface area contributed by atoms with Crippen LogP contribution in [0.5, 0.6) is 0 Å². The Hall–Kier alpha value is -2.27. The highest BCUT2D eigenvalue weighted by Crippen LogP contribution is 2.30. The molecular formula is C19H23ClFN3O. The number of halogens is 2. The number of carbonyl (C=O) groups is 1. The Morgan fingerprint density at radius 3 is 2.72 bits per heavy atom. The lowest BCUT2D eigenvalue weighted by atomic mass is 10.00. The van der Waals surface area contributed by atoms with Crippen molar-refractivity contribution in [1.82, 2.24) is 5.32 Å². The van der Waals surface area contributed by atoms with Crippen LogP contribution in [-0.4, -0.2) is 25.5 Å². The van der Waals surface area contributed by atoms with E-state index in [1.54, 1.807) is 12.1 Å². The van der Waals surface area contributed by atoms with Crippen molar-refractivity contribution >= 4 is 29.7 Å². The van der Waals surface area contributed by atoms with Gasteiger partial charge in [0.2, 0.25) is 5.91 Å². The van der Waals surface area contributed by atoms with Crippen LogP contribution in [0.2, 0.25) is 0 Å². The second-order valence-corrected chi connectivity index (χ2v) is 6.10. The molecule has 1 aliphatic rings. The fraction of sp³-hybridized carbons (Fsp3) is 0.316. The zero-order valence-electron chi connectivity index (χ0n) is 14.0. The summed E-state index contributed by atoms with van der Waals surface area (Å²) < 4.78 is 12.9. The molecule has 134 valence electrons. The number of anilines is 2. The number of benzene rings is 2. The van der Waals surface area contributed by atoms with Crippen LogP contribution in [0.4, 0.5) is 15.8 Å². The summed E-state index contributed by atoms with van der Waals surface area (Å²) in [5, 5.41) is 2.93. The summed E-state index contributed by atoms with van der Waals surface area (Å²) in [7, 11) is 0. The molecule has 0 atom stereocenters. The second kappa shape index (κ2) is 8.72. The highest BCUT2D eigenvalue weighted by atomic mass is 35.5. The predicted octanol–water partition coefficient (Wildman–Crippen LogP) is 2.94. The summed E-state index contributed by atoms with van der Waals surface area (Å²) in [6.45, 7) is 1.74. The molecule has 0 spiro atoms. The van der Waals surface area contributed by atoms with E-state index in [1.807, 2.05) is 18.2 Å². The first-order chi connectivity index (χ1) is 11.6. The molecule has 0 aromatic heterocycles. The van der Waals surface area contributed by atoms with Gasteiger partial charge in [-0.2, -0.15) is 0 Å². The van der Waals surface area contributed by atoms with Crippen LogP contribution in [0.15, 0.2) is 42.5 Å². The van der Waals surface area contributed by atoms with Gasteiger partial charge in [-0.05, 0) is 54.7 Å². The van der Waals surface area contributed by atoms with E-state index in [1.165, 1.54) is 12.1 Å². The van der Waals surface area contributed by atoms with Crippen molar-refractivity contribution in [2.45, 2.75) is 19.3 Å². The third-order valence-corrected chi connectivity index (χ3v) is 4.37. The molecule has 3 rings (SSSR count). The molecule has 2 aromatic rings. The first-order valence-corrected chi connectivity index (χ1v) is 8.27. The van der Waals surface area contributed by atoms with E-state index in [0.717, 1.165) is 41.9 Å². The largest absolute Gasteiger partial charge is 0.398 e. The van der Waals surface area contributed by atoms with Gasteiger partial charge in [-0.1, -0.05) is 18.2 Å². The van der Waals surface area contributed by atoms with Crippen LogP contribution in [0, 0.1) is 5.82 Å². The zero-order valence-corrected chi connectivity index (χ0v) is 14.8. The average Bonchev–Trinajstić information content (AvgIpc) is 2.58. The molecule has 2 aromatic carbocycles. The Morgan fingerprint density at radius 1 is 1.20 bits per heavy atom. The van der Waals surface area contributed by atoms with Crippen molar-refractivity contribution in [3.63, 3.8) is 0 Å². The number of fused-ring (bicyclic) bond motifs is 1. The topological polar surface area (TPSA) is 58.4 Å². The van der Waals surface area contributed by atoms with Crippen LogP contribution in [0.1, 0.15) is 17.5 Å². The normalized spacial score (nSPS) is 12.9. The van der Waals surface area contributed by atoms with Crippen molar-refractivity contribution in [1.29, 1.82) is 0 Å². The van der Waals surface area contributed by atoms with E-state index in [4.69, 9.17) is 5.73 Å². The van der Waals surface area contributed by atoms with Gasteiger partial charge in [-0.25, -0.2) is 4.39 Å². The smallest absolute Gasteiger partial charge is 0.239 e. The molecule has 0 bridgehead atoms. The van der Waals surface area contributed by atoms with E-state index in [-0.39, 0.29) is 24.1 Å². The van der Waals surface area contributed by atoms with Gasteiger partial charge in [-0.15, -0.1) is 12.4 Å². The highest BCUT2D eigenvalue weighted by Gasteiger charge is 2.20. The van der Waals surface area contributed by atoms with Gasteiger partial charge in [-0.3, -0.25) is 4.79 Å². The fourth-order valence-electron chi connectivity index (χ4n) is 3.12. The molecule has 3 N–H and O–H groups in total. The standard InChI is InChI=1S/C19H22FN3O.ClH/c20-15-8-6-14(7-9-15)10-11-22-19(24)13-23-12-2-3-16-17(21)4-1-5-18(16)23;/h1,4-9H,2-3,10-13,21H2,(H,22,24);1H. The number of hydrogen-bond acceptors (Lipinski definition) is 3. The van der Waals surface area contributed by atoms with Crippen molar-refractivity contribution in [2.24, 2.45) is 0 Å². The number of nitrogen functional groups attached to an aromatic ring is 1. The third kappa shape index (κ3) is 4.86. The maximum atomic E-state index is 12.9. The molecule has 1 aliphatic heterocycles. The van der Waals surface area contributed by atoms with Crippen molar-refractivity contribution in [3.05, 3.63) is 59.4 Å². The Bertz CT molecular complexity index is 721. The van der Waals surface area contributed by atoms with Crippen molar-refractivity contribution in [2.75, 3.05) is 30.3 Å². The molecule has 25 heavy (non-hydrogen) atoms. The van der Waals surface area contributed by atoms with Crippen LogP contribution in [0.25, 0.3) is 0 Å². The molecule has 0 aliphatic carbocycles. The Kier molecular flexibility index (Phi) is 6.65. The molecule has 0 saturated heterocycles. The summed E-state index contributed by atoms with van der Waals surface area (Å²) in [5.41, 5.74) is 10.0. The van der Waals surface area contributed by atoms with Crippen LogP contribution in [0.3, 0.4) is 0 Å². The lowest BCUT2D eigenvalue weighted by Crippen LogP contribution is -2.40. The van der Waals surface area contributed by atoms with Crippen molar-refractivity contribution < 1.29 is 9.18 Å². The maximum absolute atomic E-state index is 12.9. The molecule has 0 saturated carbocycles. The molecule has 6 heteroatoms. The van der Waals surface area contributed by atoms with E-state index >= 15 is 0 Å². The number of rotatable bonds is 5. The molecule has 0 radical (unpaired) electrons. The number of carbonyl (C=O) groups excluding carboxylic acids is 1. The lowest BCUT2D eigenvalue weighted by Gasteiger charge is -2.31. The minimum absolute atomic E-state index is 0. The van der Waals surface area contributed by atoms with Crippen molar-refractivity contribution in [3.8, 4) is 0 Å². The number of hydrogen-bond donors (Lipinski definition) is 2. The molecule has 1 amide bonds. The predicted molar refractivity (Wildman–Crippen MR) is 102 cm³/mol. The number of nitrogens with one attached hydrogen (secondary N) is 1. The highest BCUT2D eigenvalue weighted by molar-refractivity contribution is 5.85. The Balaban J connectivity index is 0.00000225.